The lowest BCUT2D eigenvalue weighted by molar-refractivity contribution is 0.209. The van der Waals surface area contributed by atoms with Gasteiger partial charge < -0.3 is 10.2 Å². The van der Waals surface area contributed by atoms with Crippen LogP contribution in [0.5, 0.6) is 0 Å². The molecule has 0 spiro atoms. The van der Waals surface area contributed by atoms with E-state index >= 15 is 0 Å². The van der Waals surface area contributed by atoms with Crippen LogP contribution in [0.25, 0.3) is 22.5 Å². The molecule has 3 aromatic heterocycles. The molecule has 0 bridgehead atoms. The van der Waals surface area contributed by atoms with E-state index in [2.05, 4.69) is 70.1 Å². The maximum absolute atomic E-state index is 4.80. The van der Waals surface area contributed by atoms with Crippen LogP contribution in [-0.2, 0) is 6.54 Å². The fraction of sp³-hybridized carbons (Fsp3) is 0.333. The zero-order chi connectivity index (χ0) is 24.2. The summed E-state index contributed by atoms with van der Waals surface area (Å²) in [5, 5.41) is 8.10. The average Bonchev–Trinajstić information content (AvgIpc) is 3.35. The third kappa shape index (κ3) is 5.17. The Labute approximate surface area is 206 Å². The molecule has 1 N–H and O–H groups in total. The lowest BCUT2D eigenvalue weighted by Gasteiger charge is -2.38. The Morgan fingerprint density at radius 3 is 2.46 bits per heavy atom. The van der Waals surface area contributed by atoms with Crippen molar-refractivity contribution in [3.05, 3.63) is 67.3 Å². The van der Waals surface area contributed by atoms with Crippen LogP contribution < -0.4 is 10.2 Å². The molecule has 1 fully saturated rings. The Balaban J connectivity index is 1.32. The van der Waals surface area contributed by atoms with Crippen molar-refractivity contribution in [1.29, 1.82) is 0 Å². The third-order valence-electron chi connectivity index (χ3n) is 6.49. The van der Waals surface area contributed by atoms with Gasteiger partial charge in [-0.1, -0.05) is 0 Å². The Morgan fingerprint density at radius 1 is 0.971 bits per heavy atom. The molecule has 0 radical (unpaired) electrons. The van der Waals surface area contributed by atoms with Gasteiger partial charge in [0.2, 0.25) is 5.95 Å². The fourth-order valence-corrected chi connectivity index (χ4v) is 4.44. The lowest BCUT2D eigenvalue weighted by Crippen LogP contribution is -2.48. The molecule has 0 aliphatic carbocycles. The largest absolute Gasteiger partial charge is 0.369 e. The predicted molar refractivity (Wildman–Crippen MR) is 141 cm³/mol. The van der Waals surface area contributed by atoms with Gasteiger partial charge in [-0.15, -0.1) is 0 Å². The summed E-state index contributed by atoms with van der Waals surface area (Å²) in [4.78, 5) is 18.5. The maximum atomic E-state index is 4.80. The summed E-state index contributed by atoms with van der Waals surface area (Å²) in [5.41, 5.74) is 5.83. The summed E-state index contributed by atoms with van der Waals surface area (Å²) in [6.07, 6.45) is 7.41. The molecule has 4 heterocycles. The molecule has 1 aliphatic rings. The Kier molecular flexibility index (Phi) is 6.72. The van der Waals surface area contributed by atoms with E-state index < -0.39 is 0 Å². The van der Waals surface area contributed by atoms with E-state index in [1.807, 2.05) is 35.3 Å². The van der Waals surface area contributed by atoms with Gasteiger partial charge in [-0.2, -0.15) is 5.10 Å². The molecule has 8 heteroatoms. The molecule has 1 aliphatic heterocycles. The number of hydrogen-bond acceptors (Lipinski definition) is 7. The van der Waals surface area contributed by atoms with Gasteiger partial charge >= 0.3 is 0 Å². The number of hydrogen-bond donors (Lipinski definition) is 1. The van der Waals surface area contributed by atoms with Gasteiger partial charge in [-0.05, 0) is 63.2 Å². The molecule has 180 valence electrons. The Morgan fingerprint density at radius 2 is 1.77 bits per heavy atom. The number of benzene rings is 1. The number of piperazine rings is 1. The van der Waals surface area contributed by atoms with E-state index in [0.29, 0.717) is 12.0 Å². The van der Waals surface area contributed by atoms with Gasteiger partial charge in [-0.3, -0.25) is 14.6 Å². The molecule has 8 nitrogen and oxygen atoms in total. The van der Waals surface area contributed by atoms with Gasteiger partial charge in [0.25, 0.3) is 0 Å². The van der Waals surface area contributed by atoms with E-state index in [1.54, 1.807) is 12.4 Å². The smallest absolute Gasteiger partial charge is 0.227 e. The molecule has 0 unspecified atom stereocenters. The molecular weight excluding hydrogens is 436 g/mol. The van der Waals surface area contributed by atoms with Crippen molar-refractivity contribution < 1.29 is 0 Å². The monoisotopic (exact) mass is 468 g/mol. The second kappa shape index (κ2) is 10.2. The highest BCUT2D eigenvalue weighted by Crippen LogP contribution is 2.30. The van der Waals surface area contributed by atoms with E-state index in [4.69, 9.17) is 10.1 Å². The van der Waals surface area contributed by atoms with Crippen LogP contribution in [0.4, 0.5) is 17.3 Å². The van der Waals surface area contributed by atoms with Crippen LogP contribution in [0, 0.1) is 0 Å². The number of nitrogens with one attached hydrogen (secondary N) is 1. The molecule has 1 saturated heterocycles. The van der Waals surface area contributed by atoms with Crippen molar-refractivity contribution in [2.75, 3.05) is 36.4 Å². The summed E-state index contributed by atoms with van der Waals surface area (Å²) < 4.78 is 1.92. The first kappa shape index (κ1) is 23.0. The van der Waals surface area contributed by atoms with Gasteiger partial charge in [0, 0.05) is 86.1 Å². The normalized spacial score (nSPS) is 14.5. The van der Waals surface area contributed by atoms with Gasteiger partial charge in [0.15, 0.2) is 0 Å². The minimum Gasteiger partial charge on any atom is -0.369 e. The SMILES string of the molecule is CCn1cc(-c2ccnc(Nc3ccc(N4CCN(C(C)C)CC4)cc3)n2)c(-c2cccnc2)n1. The minimum atomic E-state index is 0.558. The third-order valence-corrected chi connectivity index (χ3v) is 6.49. The first-order valence-corrected chi connectivity index (χ1v) is 12.3. The zero-order valence-electron chi connectivity index (χ0n) is 20.6. The van der Waals surface area contributed by atoms with Crippen molar-refractivity contribution in [3.63, 3.8) is 0 Å². The zero-order valence-corrected chi connectivity index (χ0v) is 20.6. The van der Waals surface area contributed by atoms with Crippen molar-refractivity contribution in [3.8, 4) is 22.5 Å². The van der Waals surface area contributed by atoms with Crippen molar-refractivity contribution >= 4 is 17.3 Å². The summed E-state index contributed by atoms with van der Waals surface area (Å²) in [7, 11) is 0. The summed E-state index contributed by atoms with van der Waals surface area (Å²) in [6.45, 7) is 11.7. The highest BCUT2D eigenvalue weighted by molar-refractivity contribution is 5.78. The molecule has 1 aromatic carbocycles. The minimum absolute atomic E-state index is 0.558. The molecule has 4 aromatic rings. The highest BCUT2D eigenvalue weighted by Gasteiger charge is 2.19. The molecule has 35 heavy (non-hydrogen) atoms. The van der Waals surface area contributed by atoms with Crippen LogP contribution >= 0.6 is 0 Å². The highest BCUT2D eigenvalue weighted by atomic mass is 15.3. The molecule has 5 rings (SSSR count). The van der Waals surface area contributed by atoms with E-state index in [1.165, 1.54) is 5.69 Å². The summed E-state index contributed by atoms with van der Waals surface area (Å²) in [5.74, 6) is 0.558. The average molecular weight is 469 g/mol. The quantitative estimate of drug-likeness (QED) is 0.421. The predicted octanol–water partition coefficient (Wildman–Crippen LogP) is 4.70. The van der Waals surface area contributed by atoms with Crippen molar-refractivity contribution in [2.45, 2.75) is 33.4 Å². The summed E-state index contributed by atoms with van der Waals surface area (Å²) in [6, 6.07) is 15.0. The van der Waals surface area contributed by atoms with E-state index in [9.17, 15) is 0 Å². The Bertz CT molecular complexity index is 1240. The van der Waals surface area contributed by atoms with Crippen LogP contribution in [-0.4, -0.2) is 61.9 Å². The van der Waals surface area contributed by atoms with Gasteiger partial charge in [0.05, 0.1) is 5.69 Å². The van der Waals surface area contributed by atoms with Gasteiger partial charge in [-0.25, -0.2) is 9.97 Å². The van der Waals surface area contributed by atoms with Crippen molar-refractivity contribution in [1.82, 2.24) is 29.6 Å². The first-order chi connectivity index (χ1) is 17.1. The number of nitrogens with zero attached hydrogens (tertiary/aromatic N) is 7. The van der Waals surface area contributed by atoms with Crippen LogP contribution in [0.1, 0.15) is 20.8 Å². The standard InChI is InChI=1S/C27H32N8/c1-4-35-19-24(26(32-35)21-6-5-12-28-18-21)25-11-13-29-27(31-25)30-22-7-9-23(10-8-22)34-16-14-33(15-17-34)20(2)3/h5-13,18-20H,4,14-17H2,1-3H3,(H,29,30,31). The molecule has 0 amide bonds. The fourth-order valence-electron chi connectivity index (χ4n) is 4.44. The molecular formula is C27H32N8. The van der Waals surface area contributed by atoms with Crippen LogP contribution in [0.3, 0.4) is 0 Å². The second-order valence-corrected chi connectivity index (χ2v) is 9.04. The molecule has 0 atom stereocenters. The molecule has 0 saturated carbocycles. The first-order valence-electron chi connectivity index (χ1n) is 12.3. The number of anilines is 3. The maximum Gasteiger partial charge on any atom is 0.227 e. The number of aryl methyl sites for hydroxylation is 1. The van der Waals surface area contributed by atoms with Crippen LogP contribution in [0.15, 0.2) is 67.3 Å². The number of pyridine rings is 1. The van der Waals surface area contributed by atoms with E-state index in [0.717, 1.165) is 60.9 Å². The topological polar surface area (TPSA) is 75.0 Å². The Hall–Kier alpha value is -3.78. The van der Waals surface area contributed by atoms with E-state index in [-0.39, 0.29) is 0 Å². The number of rotatable bonds is 7. The van der Waals surface area contributed by atoms with Crippen molar-refractivity contribution in [2.24, 2.45) is 0 Å². The van der Waals surface area contributed by atoms with Gasteiger partial charge in [0.1, 0.15) is 5.69 Å². The summed E-state index contributed by atoms with van der Waals surface area (Å²) >= 11 is 0. The van der Waals surface area contributed by atoms with Crippen LogP contribution in [0.2, 0.25) is 0 Å². The number of aromatic nitrogens is 5. The second-order valence-electron chi connectivity index (χ2n) is 9.04. The lowest BCUT2D eigenvalue weighted by atomic mass is 10.1.